The molecule has 0 saturated heterocycles. The van der Waals surface area contributed by atoms with Gasteiger partial charge in [-0.15, -0.1) is 0 Å². The Labute approximate surface area is 194 Å². The van der Waals surface area contributed by atoms with Crippen molar-refractivity contribution in [2.75, 3.05) is 11.9 Å². The minimum absolute atomic E-state index is 0.214. The molecule has 4 nitrogen and oxygen atoms in total. The van der Waals surface area contributed by atoms with E-state index in [1.54, 1.807) is 42.5 Å². The molecule has 30 heavy (non-hydrogen) atoms. The van der Waals surface area contributed by atoms with Gasteiger partial charge in [0.05, 0.1) is 27.4 Å². The molecule has 0 aliphatic carbocycles. The number of rotatable bonds is 7. The first-order chi connectivity index (χ1) is 14.4. The van der Waals surface area contributed by atoms with E-state index in [0.717, 1.165) is 5.56 Å². The molecule has 0 aliphatic rings. The molecule has 0 aliphatic heterocycles. The number of benzene rings is 3. The van der Waals surface area contributed by atoms with Gasteiger partial charge in [0.2, 0.25) is 0 Å². The summed E-state index contributed by atoms with van der Waals surface area (Å²) < 4.78 is 11.5. The highest BCUT2D eigenvalue weighted by Gasteiger charge is 2.14. The molecule has 0 aromatic heterocycles. The summed E-state index contributed by atoms with van der Waals surface area (Å²) >= 11 is 24.0. The number of carbonyl (C=O) groups is 1. The molecule has 156 valence electrons. The molecule has 1 amide bonds. The molecular formula is C22H17Cl4NO3. The van der Waals surface area contributed by atoms with E-state index in [0.29, 0.717) is 44.4 Å². The monoisotopic (exact) mass is 483 g/mol. The Morgan fingerprint density at radius 2 is 1.57 bits per heavy atom. The van der Waals surface area contributed by atoms with Gasteiger partial charge in [0.15, 0.2) is 0 Å². The number of halogens is 4. The lowest BCUT2D eigenvalue weighted by atomic mass is 10.1. The first-order valence-electron chi connectivity index (χ1n) is 8.97. The average Bonchev–Trinajstić information content (AvgIpc) is 2.72. The molecule has 0 bridgehead atoms. The summed E-state index contributed by atoms with van der Waals surface area (Å²) in [4.78, 5) is 12.8. The van der Waals surface area contributed by atoms with Crippen molar-refractivity contribution < 1.29 is 14.3 Å². The molecule has 0 radical (unpaired) electrons. The van der Waals surface area contributed by atoms with Crippen LogP contribution in [0.3, 0.4) is 0 Å². The number of ether oxygens (including phenoxy) is 2. The summed E-state index contributed by atoms with van der Waals surface area (Å²) in [5.41, 5.74) is 1.50. The third-order valence-electron chi connectivity index (χ3n) is 4.09. The van der Waals surface area contributed by atoms with Gasteiger partial charge < -0.3 is 14.8 Å². The number of amides is 1. The summed E-state index contributed by atoms with van der Waals surface area (Å²) in [6.45, 7) is 2.58. The molecule has 3 rings (SSSR count). The van der Waals surface area contributed by atoms with Gasteiger partial charge in [0.25, 0.3) is 5.91 Å². The molecular weight excluding hydrogens is 468 g/mol. The molecule has 0 heterocycles. The second kappa shape index (κ2) is 10.3. The van der Waals surface area contributed by atoms with E-state index < -0.39 is 0 Å². The van der Waals surface area contributed by atoms with Gasteiger partial charge in [-0.2, -0.15) is 0 Å². The van der Waals surface area contributed by atoms with E-state index in [4.69, 9.17) is 55.9 Å². The summed E-state index contributed by atoms with van der Waals surface area (Å²) in [7, 11) is 0. The number of anilines is 1. The van der Waals surface area contributed by atoms with E-state index in [2.05, 4.69) is 5.32 Å². The van der Waals surface area contributed by atoms with Crippen LogP contribution in [-0.4, -0.2) is 12.5 Å². The largest absolute Gasteiger partial charge is 0.493 e. The molecule has 8 heteroatoms. The predicted octanol–water partition coefficient (Wildman–Crippen LogP) is 7.53. The zero-order chi connectivity index (χ0) is 21.7. The van der Waals surface area contributed by atoms with Crippen molar-refractivity contribution in [3.63, 3.8) is 0 Å². The lowest BCUT2D eigenvalue weighted by Crippen LogP contribution is -2.13. The van der Waals surface area contributed by atoms with Gasteiger partial charge in [0.1, 0.15) is 18.1 Å². The maximum absolute atomic E-state index is 12.8. The van der Waals surface area contributed by atoms with Crippen molar-refractivity contribution in [2.45, 2.75) is 13.5 Å². The molecule has 3 aromatic rings. The second-order valence-corrected chi connectivity index (χ2v) is 7.86. The quantitative estimate of drug-likeness (QED) is 0.352. The minimum atomic E-state index is -0.355. The van der Waals surface area contributed by atoms with Crippen LogP contribution in [-0.2, 0) is 6.61 Å². The lowest BCUT2D eigenvalue weighted by molar-refractivity contribution is 0.102. The van der Waals surface area contributed by atoms with Gasteiger partial charge in [-0.1, -0.05) is 46.4 Å². The van der Waals surface area contributed by atoms with Crippen molar-refractivity contribution in [3.05, 3.63) is 85.8 Å². The van der Waals surface area contributed by atoms with Crippen LogP contribution in [0.4, 0.5) is 5.69 Å². The van der Waals surface area contributed by atoms with Crippen LogP contribution >= 0.6 is 46.4 Å². The summed E-state index contributed by atoms with van der Waals surface area (Å²) in [6.07, 6.45) is 0. The summed E-state index contributed by atoms with van der Waals surface area (Å²) in [5.74, 6) is 0.931. The van der Waals surface area contributed by atoms with Crippen LogP contribution in [0.2, 0.25) is 20.1 Å². The Morgan fingerprint density at radius 3 is 2.27 bits per heavy atom. The minimum Gasteiger partial charge on any atom is -0.493 e. The maximum atomic E-state index is 12.8. The van der Waals surface area contributed by atoms with E-state index in [1.165, 1.54) is 12.1 Å². The Morgan fingerprint density at radius 1 is 0.867 bits per heavy atom. The van der Waals surface area contributed by atoms with Gasteiger partial charge in [-0.25, -0.2) is 0 Å². The third kappa shape index (κ3) is 5.73. The molecule has 3 aromatic carbocycles. The van der Waals surface area contributed by atoms with Crippen LogP contribution in [0, 0.1) is 0 Å². The number of carbonyl (C=O) groups excluding carboxylic acids is 1. The fraction of sp³-hybridized carbons (Fsp3) is 0.136. The highest BCUT2D eigenvalue weighted by atomic mass is 35.5. The lowest BCUT2D eigenvalue weighted by Gasteiger charge is -2.14. The van der Waals surface area contributed by atoms with Gasteiger partial charge in [0, 0.05) is 16.1 Å². The number of hydrogen-bond donors (Lipinski definition) is 1. The Balaban J connectivity index is 1.81. The Bertz CT molecular complexity index is 1050. The fourth-order valence-electron chi connectivity index (χ4n) is 2.63. The van der Waals surface area contributed by atoms with Crippen LogP contribution in [0.25, 0.3) is 0 Å². The van der Waals surface area contributed by atoms with Crippen molar-refractivity contribution in [3.8, 4) is 11.5 Å². The zero-order valence-electron chi connectivity index (χ0n) is 15.8. The molecule has 0 spiro atoms. The maximum Gasteiger partial charge on any atom is 0.255 e. The van der Waals surface area contributed by atoms with E-state index in [1.807, 2.05) is 6.92 Å². The van der Waals surface area contributed by atoms with Crippen LogP contribution < -0.4 is 14.8 Å². The molecule has 0 atom stereocenters. The second-order valence-electron chi connectivity index (χ2n) is 6.20. The van der Waals surface area contributed by atoms with Crippen LogP contribution in [0.1, 0.15) is 22.8 Å². The standard InChI is InChI=1S/C22H17Cl4NO3/c1-2-29-21-8-3-13(9-14(21)12-30-16-6-4-15(23)5-7-16)22(28)27-20-11-18(25)17(24)10-19(20)26/h3-11H,2,12H2,1H3,(H,27,28). The smallest absolute Gasteiger partial charge is 0.255 e. The topological polar surface area (TPSA) is 47.6 Å². The number of hydrogen-bond acceptors (Lipinski definition) is 3. The van der Waals surface area contributed by atoms with Crippen molar-refractivity contribution >= 4 is 58.0 Å². The van der Waals surface area contributed by atoms with E-state index >= 15 is 0 Å². The van der Waals surface area contributed by atoms with Gasteiger partial charge in [-0.05, 0) is 61.5 Å². The van der Waals surface area contributed by atoms with Crippen molar-refractivity contribution in [2.24, 2.45) is 0 Å². The Hall–Kier alpha value is -2.11. The summed E-state index contributed by atoms with van der Waals surface area (Å²) in [6, 6.07) is 15.1. The molecule has 0 saturated carbocycles. The molecule has 1 N–H and O–H groups in total. The van der Waals surface area contributed by atoms with Crippen molar-refractivity contribution in [1.82, 2.24) is 0 Å². The highest BCUT2D eigenvalue weighted by molar-refractivity contribution is 6.44. The van der Waals surface area contributed by atoms with E-state index in [-0.39, 0.29) is 17.5 Å². The number of nitrogens with one attached hydrogen (secondary N) is 1. The first kappa shape index (κ1) is 22.6. The van der Waals surface area contributed by atoms with Crippen LogP contribution in [0.15, 0.2) is 54.6 Å². The normalized spacial score (nSPS) is 10.6. The zero-order valence-corrected chi connectivity index (χ0v) is 18.9. The molecule has 0 fully saturated rings. The predicted molar refractivity (Wildman–Crippen MR) is 123 cm³/mol. The fourth-order valence-corrected chi connectivity index (χ4v) is 3.35. The van der Waals surface area contributed by atoms with Crippen LogP contribution in [0.5, 0.6) is 11.5 Å². The molecule has 0 unspecified atom stereocenters. The third-order valence-corrected chi connectivity index (χ3v) is 5.38. The Kier molecular flexibility index (Phi) is 7.73. The van der Waals surface area contributed by atoms with Crippen molar-refractivity contribution in [1.29, 1.82) is 0 Å². The first-order valence-corrected chi connectivity index (χ1v) is 10.5. The van der Waals surface area contributed by atoms with E-state index in [9.17, 15) is 4.79 Å². The van der Waals surface area contributed by atoms with Gasteiger partial charge in [-0.3, -0.25) is 4.79 Å². The summed E-state index contributed by atoms with van der Waals surface area (Å²) in [5, 5.41) is 4.25. The van der Waals surface area contributed by atoms with Gasteiger partial charge >= 0.3 is 0 Å². The highest BCUT2D eigenvalue weighted by Crippen LogP contribution is 2.33. The average molecular weight is 485 g/mol. The SMILES string of the molecule is CCOc1ccc(C(=O)Nc2cc(Cl)c(Cl)cc2Cl)cc1COc1ccc(Cl)cc1.